The van der Waals surface area contributed by atoms with Crippen LogP contribution in [0.2, 0.25) is 0 Å². The van der Waals surface area contributed by atoms with Crippen molar-refractivity contribution in [1.29, 1.82) is 0 Å². The Kier molecular flexibility index (Phi) is 4.96. The van der Waals surface area contributed by atoms with E-state index >= 15 is 0 Å². The molecule has 3 aromatic rings. The average Bonchev–Trinajstić information content (AvgIpc) is 2.62. The van der Waals surface area contributed by atoms with Gasteiger partial charge in [-0.25, -0.2) is 20.0 Å². The minimum atomic E-state index is -0.264. The van der Waals surface area contributed by atoms with Gasteiger partial charge in [0, 0.05) is 32.1 Å². The zero-order chi connectivity index (χ0) is 19.6. The molecule has 1 amide bonds. The number of amides is 1. The van der Waals surface area contributed by atoms with Crippen molar-refractivity contribution in [1.82, 2.24) is 30.4 Å². The second kappa shape index (κ2) is 7.35. The molecule has 0 aliphatic heterocycles. The Morgan fingerprint density at radius 3 is 2.59 bits per heavy atom. The van der Waals surface area contributed by atoms with Gasteiger partial charge in [-0.2, -0.15) is 0 Å². The van der Waals surface area contributed by atoms with Crippen LogP contribution < -0.4 is 11.2 Å². The highest BCUT2D eigenvalue weighted by molar-refractivity contribution is 5.93. The van der Waals surface area contributed by atoms with Gasteiger partial charge in [-0.05, 0) is 19.9 Å². The van der Waals surface area contributed by atoms with Crippen LogP contribution in [0.25, 0.3) is 11.0 Å². The van der Waals surface area contributed by atoms with Gasteiger partial charge < -0.3 is 5.73 Å². The largest absolute Gasteiger partial charge is 0.383 e. The van der Waals surface area contributed by atoms with Crippen LogP contribution in [0.1, 0.15) is 32.9 Å². The number of anilines is 1. The smallest absolute Gasteiger partial charge is 0.267 e. The van der Waals surface area contributed by atoms with Crippen molar-refractivity contribution in [3.05, 3.63) is 52.7 Å². The number of nitrogens with zero attached hydrogens (tertiary/aromatic N) is 5. The van der Waals surface area contributed by atoms with Gasteiger partial charge in [-0.3, -0.25) is 15.2 Å². The molecular formula is C19H19N7O. The first-order valence-corrected chi connectivity index (χ1v) is 8.20. The Labute approximate surface area is 156 Å². The van der Waals surface area contributed by atoms with E-state index in [0.717, 1.165) is 11.4 Å². The first-order chi connectivity index (χ1) is 12.8. The lowest BCUT2D eigenvalue weighted by Gasteiger charge is -2.11. The zero-order valence-corrected chi connectivity index (χ0v) is 15.5. The number of aromatic nitrogens is 4. The van der Waals surface area contributed by atoms with Crippen LogP contribution in [0.15, 0.2) is 24.7 Å². The Bertz CT molecular complexity index is 1100. The normalized spacial score (nSPS) is 10.6. The first-order valence-electron chi connectivity index (χ1n) is 8.20. The van der Waals surface area contributed by atoms with Crippen molar-refractivity contribution in [3.63, 3.8) is 0 Å². The number of nitrogen functional groups attached to an aromatic ring is 1. The van der Waals surface area contributed by atoms with Gasteiger partial charge in [0.15, 0.2) is 0 Å². The number of hydrazine groups is 1. The summed E-state index contributed by atoms with van der Waals surface area (Å²) < 4.78 is 0. The number of carbonyl (C=O) groups is 1. The van der Waals surface area contributed by atoms with Crippen LogP contribution in [0.5, 0.6) is 0 Å². The van der Waals surface area contributed by atoms with E-state index in [2.05, 4.69) is 37.2 Å². The van der Waals surface area contributed by atoms with E-state index in [-0.39, 0.29) is 11.7 Å². The molecule has 136 valence electrons. The average molecular weight is 361 g/mol. The highest BCUT2D eigenvalue weighted by atomic mass is 16.2. The molecule has 3 heterocycles. The van der Waals surface area contributed by atoms with Crippen LogP contribution in [0, 0.1) is 25.7 Å². The van der Waals surface area contributed by atoms with E-state index in [4.69, 9.17) is 5.73 Å². The number of pyridine rings is 2. The summed E-state index contributed by atoms with van der Waals surface area (Å²) in [6, 6.07) is 1.66. The third kappa shape index (κ3) is 3.99. The molecule has 0 aliphatic carbocycles. The quantitative estimate of drug-likeness (QED) is 0.522. The monoisotopic (exact) mass is 361 g/mol. The molecule has 3 rings (SSSR count). The highest BCUT2D eigenvalue weighted by Crippen LogP contribution is 2.19. The molecule has 0 saturated carbocycles. The van der Waals surface area contributed by atoms with Crippen LogP contribution in [-0.2, 0) is 0 Å². The van der Waals surface area contributed by atoms with Crippen molar-refractivity contribution >= 4 is 22.8 Å². The third-order valence-corrected chi connectivity index (χ3v) is 3.81. The number of aryl methyl sites for hydroxylation is 2. The Morgan fingerprint density at radius 2 is 1.85 bits per heavy atom. The van der Waals surface area contributed by atoms with Gasteiger partial charge in [-0.15, -0.1) is 0 Å². The lowest BCUT2D eigenvalue weighted by molar-refractivity contribution is 0.0856. The molecule has 0 radical (unpaired) electrons. The Morgan fingerprint density at radius 1 is 1.11 bits per heavy atom. The Balaban J connectivity index is 2.02. The summed E-state index contributed by atoms with van der Waals surface area (Å²) in [6.45, 7) is 3.77. The van der Waals surface area contributed by atoms with Gasteiger partial charge in [0.25, 0.3) is 5.91 Å². The molecule has 3 aromatic heterocycles. The number of rotatable bonds is 2. The molecule has 0 aromatic carbocycles. The van der Waals surface area contributed by atoms with E-state index in [1.54, 1.807) is 37.6 Å². The molecule has 27 heavy (non-hydrogen) atoms. The number of fused-ring (bicyclic) bond motifs is 1. The maximum absolute atomic E-state index is 12.1. The van der Waals surface area contributed by atoms with E-state index in [0.29, 0.717) is 27.7 Å². The van der Waals surface area contributed by atoms with Gasteiger partial charge >= 0.3 is 0 Å². The van der Waals surface area contributed by atoms with Crippen molar-refractivity contribution in [2.24, 2.45) is 0 Å². The van der Waals surface area contributed by atoms with E-state index in [1.807, 2.05) is 13.8 Å². The molecule has 0 bridgehead atoms. The molecule has 0 fully saturated rings. The third-order valence-electron chi connectivity index (χ3n) is 3.81. The minimum absolute atomic E-state index is 0.264. The second-order valence-electron chi connectivity index (χ2n) is 6.19. The van der Waals surface area contributed by atoms with Crippen LogP contribution in [0.4, 0.5) is 5.82 Å². The molecule has 3 N–H and O–H groups in total. The first kappa shape index (κ1) is 18.2. The molecule has 0 aliphatic rings. The molecule has 8 nitrogen and oxygen atoms in total. The predicted octanol–water partition coefficient (Wildman–Crippen LogP) is 1.23. The molecule has 0 unspecified atom stereocenters. The standard InChI is InChI=1S/C19H19N7O/c1-11-12(2)24-17-15(18(20)22-10-16(17)23-11)6-5-13-7-14(9-21-8-13)19(27)25-26(3)4/h7-10H,1-4H3,(H2,20,22)(H,25,27). The van der Waals surface area contributed by atoms with Gasteiger partial charge in [0.2, 0.25) is 0 Å². The summed E-state index contributed by atoms with van der Waals surface area (Å²) in [5.74, 6) is 6.00. The molecular weight excluding hydrogens is 342 g/mol. The van der Waals surface area contributed by atoms with Crippen molar-refractivity contribution in [2.75, 3.05) is 19.8 Å². The van der Waals surface area contributed by atoms with Gasteiger partial charge in [0.05, 0.1) is 28.7 Å². The van der Waals surface area contributed by atoms with Crippen molar-refractivity contribution in [2.45, 2.75) is 13.8 Å². The second-order valence-corrected chi connectivity index (χ2v) is 6.19. The summed E-state index contributed by atoms with van der Waals surface area (Å²) >= 11 is 0. The lowest BCUT2D eigenvalue weighted by atomic mass is 10.1. The van der Waals surface area contributed by atoms with Gasteiger partial charge in [0.1, 0.15) is 16.9 Å². The van der Waals surface area contributed by atoms with Crippen LogP contribution in [-0.4, -0.2) is 44.9 Å². The van der Waals surface area contributed by atoms with E-state index in [1.165, 1.54) is 6.20 Å². The van der Waals surface area contributed by atoms with E-state index < -0.39 is 0 Å². The fourth-order valence-corrected chi connectivity index (χ4v) is 2.37. The van der Waals surface area contributed by atoms with Crippen LogP contribution >= 0.6 is 0 Å². The van der Waals surface area contributed by atoms with Crippen LogP contribution in [0.3, 0.4) is 0 Å². The lowest BCUT2D eigenvalue weighted by Crippen LogP contribution is -2.36. The maximum atomic E-state index is 12.1. The summed E-state index contributed by atoms with van der Waals surface area (Å²) in [5, 5.41) is 1.56. The molecule has 0 saturated heterocycles. The fourth-order valence-electron chi connectivity index (χ4n) is 2.37. The molecule has 8 heteroatoms. The fraction of sp³-hybridized carbons (Fsp3) is 0.211. The van der Waals surface area contributed by atoms with Gasteiger partial charge in [-0.1, -0.05) is 11.8 Å². The van der Waals surface area contributed by atoms with E-state index in [9.17, 15) is 4.79 Å². The number of carbonyl (C=O) groups excluding carboxylic acids is 1. The number of hydrogen-bond acceptors (Lipinski definition) is 7. The van der Waals surface area contributed by atoms with Crippen molar-refractivity contribution < 1.29 is 4.79 Å². The minimum Gasteiger partial charge on any atom is -0.383 e. The molecule has 0 spiro atoms. The maximum Gasteiger partial charge on any atom is 0.267 e. The summed E-state index contributed by atoms with van der Waals surface area (Å²) in [4.78, 5) is 29.4. The van der Waals surface area contributed by atoms with Crippen molar-refractivity contribution in [3.8, 4) is 11.8 Å². The summed E-state index contributed by atoms with van der Waals surface area (Å²) in [6.07, 6.45) is 4.65. The number of hydrogen-bond donors (Lipinski definition) is 2. The number of nitrogens with one attached hydrogen (secondary N) is 1. The zero-order valence-electron chi connectivity index (χ0n) is 15.5. The summed E-state index contributed by atoms with van der Waals surface area (Å²) in [5.41, 5.74) is 13.0. The topological polar surface area (TPSA) is 110 Å². The summed E-state index contributed by atoms with van der Waals surface area (Å²) in [7, 11) is 3.46. The highest BCUT2D eigenvalue weighted by Gasteiger charge is 2.10. The molecule has 0 atom stereocenters. The number of nitrogens with two attached hydrogens (primary N) is 1. The Hall–Kier alpha value is -3.57. The predicted molar refractivity (Wildman–Crippen MR) is 103 cm³/mol. The SMILES string of the molecule is Cc1nc2cnc(N)c(C#Cc3cncc(C(=O)NN(C)C)c3)c2nc1C.